The summed E-state index contributed by atoms with van der Waals surface area (Å²) in [5.74, 6) is -2.02. The molecule has 0 aliphatic heterocycles. The third kappa shape index (κ3) is 6.22. The Labute approximate surface area is 107 Å². The van der Waals surface area contributed by atoms with Gasteiger partial charge in [0.15, 0.2) is 0 Å². The number of carbonyl (C=O) groups excluding carboxylic acids is 2. The van der Waals surface area contributed by atoms with Crippen LogP contribution in [0.2, 0.25) is 0 Å². The molecule has 104 valence electrons. The van der Waals surface area contributed by atoms with Gasteiger partial charge in [-0.3, -0.25) is 14.4 Å². The first-order valence-electron chi connectivity index (χ1n) is 6.01. The van der Waals surface area contributed by atoms with Crippen molar-refractivity contribution in [1.29, 1.82) is 0 Å². The summed E-state index contributed by atoms with van der Waals surface area (Å²) in [7, 11) is 0. The minimum Gasteiger partial charge on any atom is -0.481 e. The maximum Gasteiger partial charge on any atom is 0.308 e. The highest BCUT2D eigenvalue weighted by atomic mass is 16.4. The van der Waals surface area contributed by atoms with Gasteiger partial charge in [0.25, 0.3) is 0 Å². The Hall–Kier alpha value is -1.59. The van der Waals surface area contributed by atoms with Crippen molar-refractivity contribution in [3.05, 3.63) is 0 Å². The molecule has 0 rings (SSSR count). The molecule has 2 amide bonds. The van der Waals surface area contributed by atoms with Crippen LogP contribution in [0.25, 0.3) is 0 Å². The molecule has 6 nitrogen and oxygen atoms in total. The third-order valence-electron chi connectivity index (χ3n) is 2.48. The van der Waals surface area contributed by atoms with Gasteiger partial charge in [-0.2, -0.15) is 0 Å². The van der Waals surface area contributed by atoms with E-state index in [1.54, 1.807) is 20.8 Å². The highest BCUT2D eigenvalue weighted by molar-refractivity contribution is 5.79. The third-order valence-corrected chi connectivity index (χ3v) is 2.48. The Morgan fingerprint density at radius 1 is 1.22 bits per heavy atom. The van der Waals surface area contributed by atoms with Gasteiger partial charge < -0.3 is 15.3 Å². The van der Waals surface area contributed by atoms with Crippen molar-refractivity contribution in [3.8, 4) is 0 Å². The molecule has 18 heavy (non-hydrogen) atoms. The van der Waals surface area contributed by atoms with Gasteiger partial charge in [-0.1, -0.05) is 20.8 Å². The lowest BCUT2D eigenvalue weighted by Gasteiger charge is -2.26. The maximum atomic E-state index is 11.9. The molecule has 0 aliphatic carbocycles. The summed E-state index contributed by atoms with van der Waals surface area (Å²) >= 11 is 0. The van der Waals surface area contributed by atoms with Gasteiger partial charge in [-0.25, -0.2) is 0 Å². The lowest BCUT2D eigenvalue weighted by Crippen LogP contribution is -2.43. The van der Waals surface area contributed by atoms with Crippen molar-refractivity contribution in [2.24, 2.45) is 11.8 Å². The first-order valence-corrected chi connectivity index (χ1v) is 6.01. The van der Waals surface area contributed by atoms with Crippen LogP contribution in [0.15, 0.2) is 0 Å². The van der Waals surface area contributed by atoms with E-state index in [4.69, 9.17) is 5.11 Å². The molecule has 0 heterocycles. The number of hydrogen-bond acceptors (Lipinski definition) is 3. The molecule has 0 radical (unpaired) electrons. The van der Waals surface area contributed by atoms with Crippen LogP contribution in [0, 0.1) is 11.8 Å². The Bertz CT molecular complexity index is 315. The predicted molar refractivity (Wildman–Crippen MR) is 66.9 cm³/mol. The van der Waals surface area contributed by atoms with E-state index >= 15 is 0 Å². The van der Waals surface area contributed by atoms with Gasteiger partial charge >= 0.3 is 5.97 Å². The largest absolute Gasteiger partial charge is 0.481 e. The predicted octanol–water partition coefficient (Wildman–Crippen LogP) is 0.328. The summed E-state index contributed by atoms with van der Waals surface area (Å²) in [6.45, 7) is 7.30. The average Bonchev–Trinajstić information content (AvgIpc) is 2.25. The maximum absolute atomic E-state index is 11.9. The fraction of sp³-hybridized carbons (Fsp3) is 0.750. The SMILES string of the molecule is CC(=O)NCCN(CC(C)C(=O)O)C(=O)C(C)C. The Morgan fingerprint density at radius 2 is 1.78 bits per heavy atom. The molecule has 0 aromatic rings. The summed E-state index contributed by atoms with van der Waals surface area (Å²) in [6.07, 6.45) is 0. The number of nitrogens with zero attached hydrogens (tertiary/aromatic N) is 1. The van der Waals surface area contributed by atoms with Crippen LogP contribution >= 0.6 is 0 Å². The molecule has 6 heteroatoms. The molecule has 1 atom stereocenters. The molecule has 0 saturated carbocycles. The summed E-state index contributed by atoms with van der Waals surface area (Å²) in [5.41, 5.74) is 0. The Balaban J connectivity index is 4.47. The van der Waals surface area contributed by atoms with Crippen molar-refractivity contribution in [3.63, 3.8) is 0 Å². The summed E-state index contributed by atoms with van der Waals surface area (Å²) < 4.78 is 0. The van der Waals surface area contributed by atoms with E-state index in [2.05, 4.69) is 5.32 Å². The molecule has 0 spiro atoms. The lowest BCUT2D eigenvalue weighted by molar-refractivity contribution is -0.143. The van der Waals surface area contributed by atoms with Crippen LogP contribution < -0.4 is 5.32 Å². The standard InChI is InChI=1S/C12H22N2O4/c1-8(2)11(16)14(6-5-13-10(4)15)7-9(3)12(17)18/h8-9H,5-7H2,1-4H3,(H,13,15)(H,17,18). The van der Waals surface area contributed by atoms with Crippen molar-refractivity contribution in [2.45, 2.75) is 27.7 Å². The zero-order chi connectivity index (χ0) is 14.3. The van der Waals surface area contributed by atoms with Gasteiger partial charge in [0, 0.05) is 32.5 Å². The van der Waals surface area contributed by atoms with Crippen molar-refractivity contribution < 1.29 is 19.5 Å². The molecule has 0 bridgehead atoms. The number of nitrogens with one attached hydrogen (secondary N) is 1. The van der Waals surface area contributed by atoms with Gasteiger partial charge in [0.05, 0.1) is 5.92 Å². The monoisotopic (exact) mass is 258 g/mol. The normalized spacial score (nSPS) is 12.1. The molecular formula is C12H22N2O4. The molecule has 0 aromatic carbocycles. The summed E-state index contributed by atoms with van der Waals surface area (Å²) in [6, 6.07) is 0. The summed E-state index contributed by atoms with van der Waals surface area (Å²) in [4.78, 5) is 34.9. The highest BCUT2D eigenvalue weighted by Crippen LogP contribution is 2.06. The number of rotatable bonds is 7. The number of aliphatic carboxylic acids is 1. The first-order chi connectivity index (χ1) is 8.25. The number of hydrogen-bond donors (Lipinski definition) is 2. The molecule has 0 saturated heterocycles. The van der Waals surface area contributed by atoms with Crippen molar-refractivity contribution >= 4 is 17.8 Å². The highest BCUT2D eigenvalue weighted by Gasteiger charge is 2.22. The fourth-order valence-electron chi connectivity index (χ4n) is 1.43. The van der Waals surface area contributed by atoms with E-state index in [9.17, 15) is 14.4 Å². The minimum absolute atomic E-state index is 0.103. The van der Waals surface area contributed by atoms with Crippen molar-refractivity contribution in [2.75, 3.05) is 19.6 Å². The van der Waals surface area contributed by atoms with E-state index in [1.165, 1.54) is 11.8 Å². The van der Waals surface area contributed by atoms with Crippen LogP contribution in [0.1, 0.15) is 27.7 Å². The Morgan fingerprint density at radius 3 is 2.17 bits per heavy atom. The van der Waals surface area contributed by atoms with Crippen LogP contribution in [-0.2, 0) is 14.4 Å². The second kappa shape index (κ2) is 7.68. The molecule has 0 fully saturated rings. The van der Waals surface area contributed by atoms with E-state index < -0.39 is 11.9 Å². The van der Waals surface area contributed by atoms with Crippen LogP contribution in [-0.4, -0.2) is 47.4 Å². The number of amides is 2. The molecular weight excluding hydrogens is 236 g/mol. The van der Waals surface area contributed by atoms with Crippen molar-refractivity contribution in [1.82, 2.24) is 10.2 Å². The zero-order valence-electron chi connectivity index (χ0n) is 11.4. The summed E-state index contributed by atoms with van der Waals surface area (Å²) in [5, 5.41) is 11.4. The topological polar surface area (TPSA) is 86.7 Å². The van der Waals surface area contributed by atoms with E-state index in [0.29, 0.717) is 13.1 Å². The quantitative estimate of drug-likeness (QED) is 0.689. The number of carboxylic acid groups (broad SMARTS) is 1. The zero-order valence-corrected chi connectivity index (χ0v) is 11.4. The lowest BCUT2D eigenvalue weighted by atomic mass is 10.1. The molecule has 0 aromatic heterocycles. The van der Waals surface area contributed by atoms with Gasteiger partial charge in [0.2, 0.25) is 11.8 Å². The molecule has 1 unspecified atom stereocenters. The second-order valence-corrected chi connectivity index (χ2v) is 4.66. The Kier molecular flexibility index (Phi) is 7.00. The molecule has 0 aliphatic rings. The number of carboxylic acids is 1. The average molecular weight is 258 g/mol. The van der Waals surface area contributed by atoms with Gasteiger partial charge in [0.1, 0.15) is 0 Å². The van der Waals surface area contributed by atoms with E-state index in [1.807, 2.05) is 0 Å². The number of carbonyl (C=O) groups is 3. The minimum atomic E-state index is -0.934. The first kappa shape index (κ1) is 16.4. The van der Waals surface area contributed by atoms with E-state index in [0.717, 1.165) is 0 Å². The molecule has 2 N–H and O–H groups in total. The smallest absolute Gasteiger partial charge is 0.308 e. The van der Waals surface area contributed by atoms with Crippen LogP contribution in [0.4, 0.5) is 0 Å². The van der Waals surface area contributed by atoms with Crippen LogP contribution in [0.5, 0.6) is 0 Å². The van der Waals surface area contributed by atoms with Crippen LogP contribution in [0.3, 0.4) is 0 Å². The second-order valence-electron chi connectivity index (χ2n) is 4.66. The van der Waals surface area contributed by atoms with Gasteiger partial charge in [-0.15, -0.1) is 0 Å². The van der Waals surface area contributed by atoms with E-state index in [-0.39, 0.29) is 24.3 Å². The van der Waals surface area contributed by atoms with Gasteiger partial charge in [-0.05, 0) is 0 Å². The fourth-order valence-corrected chi connectivity index (χ4v) is 1.43.